The first-order valence-electron chi connectivity index (χ1n) is 5.48. The molecule has 1 aromatic carbocycles. The van der Waals surface area contributed by atoms with E-state index in [0.29, 0.717) is 12.2 Å². The van der Waals surface area contributed by atoms with E-state index in [-0.39, 0.29) is 13.0 Å². The molecule has 0 fully saturated rings. The number of anilines is 2. The number of benzene rings is 1. The zero-order valence-electron chi connectivity index (χ0n) is 9.83. The summed E-state index contributed by atoms with van der Waals surface area (Å²) in [6.45, 7) is 0.0635. The van der Waals surface area contributed by atoms with Crippen molar-refractivity contribution in [3.05, 3.63) is 23.8 Å². The van der Waals surface area contributed by atoms with Crippen LogP contribution in [0.5, 0.6) is 0 Å². The van der Waals surface area contributed by atoms with Crippen molar-refractivity contribution < 1.29 is 13.5 Å². The Bertz CT molecular complexity index is 418. The van der Waals surface area contributed by atoms with Crippen LogP contribution in [0.15, 0.2) is 18.2 Å². The van der Waals surface area contributed by atoms with Crippen LogP contribution in [0.25, 0.3) is 0 Å². The quantitative estimate of drug-likeness (QED) is 0.577. The number of rotatable bonds is 7. The number of hydrogen-bond donors (Lipinski definition) is 2. The fraction of sp³-hybridized carbons (Fsp3) is 0.417. The first-order valence-corrected chi connectivity index (χ1v) is 5.48. The number of alkyl halides is 2. The standard InChI is InChI=1S/C12H15F2N3O/c13-12(14)8-18-6-5-17-10-1-2-11(16)9(7-10)3-4-15/h1-2,7,12,17H,3,5-6,8,16H2. The second kappa shape index (κ2) is 7.45. The van der Waals surface area contributed by atoms with Gasteiger partial charge in [0.2, 0.25) is 0 Å². The summed E-state index contributed by atoms with van der Waals surface area (Å²) in [5.41, 5.74) is 7.80. The summed E-state index contributed by atoms with van der Waals surface area (Å²) in [5, 5.41) is 11.6. The van der Waals surface area contributed by atoms with E-state index in [2.05, 4.69) is 5.32 Å². The van der Waals surface area contributed by atoms with Crippen molar-refractivity contribution in [2.45, 2.75) is 12.8 Å². The van der Waals surface area contributed by atoms with E-state index in [4.69, 9.17) is 15.7 Å². The number of nitrogen functional groups attached to an aromatic ring is 1. The summed E-state index contributed by atoms with van der Waals surface area (Å²) < 4.78 is 28.3. The van der Waals surface area contributed by atoms with Gasteiger partial charge in [-0.25, -0.2) is 8.78 Å². The van der Waals surface area contributed by atoms with Crippen LogP contribution in [0.1, 0.15) is 5.56 Å². The molecule has 0 aliphatic carbocycles. The molecule has 0 bridgehead atoms. The third kappa shape index (κ3) is 4.97. The molecule has 98 valence electrons. The van der Waals surface area contributed by atoms with E-state index < -0.39 is 13.0 Å². The van der Waals surface area contributed by atoms with E-state index in [9.17, 15) is 8.78 Å². The molecule has 0 atom stereocenters. The van der Waals surface area contributed by atoms with Gasteiger partial charge in [-0.05, 0) is 23.8 Å². The molecule has 0 spiro atoms. The molecule has 3 N–H and O–H groups in total. The van der Waals surface area contributed by atoms with Gasteiger partial charge in [-0.3, -0.25) is 0 Å². The number of nitrogens with two attached hydrogens (primary N) is 1. The zero-order chi connectivity index (χ0) is 13.4. The fourth-order valence-electron chi connectivity index (χ4n) is 1.39. The Labute approximate surface area is 104 Å². The lowest BCUT2D eigenvalue weighted by Gasteiger charge is -2.09. The summed E-state index contributed by atoms with van der Waals surface area (Å²) in [4.78, 5) is 0. The number of halogens is 2. The molecule has 18 heavy (non-hydrogen) atoms. The van der Waals surface area contributed by atoms with Crippen molar-refractivity contribution in [3.8, 4) is 6.07 Å². The van der Waals surface area contributed by atoms with Gasteiger partial charge in [-0.1, -0.05) is 0 Å². The first-order chi connectivity index (χ1) is 8.63. The summed E-state index contributed by atoms with van der Waals surface area (Å²) in [6, 6.07) is 7.27. The highest BCUT2D eigenvalue weighted by Gasteiger charge is 2.02. The molecule has 0 radical (unpaired) electrons. The second-order valence-electron chi connectivity index (χ2n) is 3.64. The van der Waals surface area contributed by atoms with Crippen molar-refractivity contribution >= 4 is 11.4 Å². The number of nitriles is 1. The van der Waals surface area contributed by atoms with Crippen molar-refractivity contribution in [3.63, 3.8) is 0 Å². The maximum Gasteiger partial charge on any atom is 0.261 e. The van der Waals surface area contributed by atoms with Crippen LogP contribution in [0.4, 0.5) is 20.2 Å². The molecule has 1 aromatic rings. The Kier molecular flexibility index (Phi) is 5.88. The Morgan fingerprint density at radius 2 is 2.22 bits per heavy atom. The molecule has 0 saturated heterocycles. The minimum absolute atomic E-state index is 0.197. The van der Waals surface area contributed by atoms with E-state index >= 15 is 0 Å². The molecule has 0 aliphatic rings. The third-order valence-electron chi connectivity index (χ3n) is 2.23. The smallest absolute Gasteiger partial charge is 0.261 e. The number of hydrogen-bond acceptors (Lipinski definition) is 4. The van der Waals surface area contributed by atoms with Crippen LogP contribution >= 0.6 is 0 Å². The molecule has 0 aromatic heterocycles. The predicted molar refractivity (Wildman–Crippen MR) is 65.5 cm³/mol. The van der Waals surface area contributed by atoms with Gasteiger partial charge in [0.05, 0.1) is 19.1 Å². The van der Waals surface area contributed by atoms with Gasteiger partial charge in [0.1, 0.15) is 6.61 Å². The van der Waals surface area contributed by atoms with Crippen molar-refractivity contribution in [1.29, 1.82) is 5.26 Å². The highest BCUT2D eigenvalue weighted by Crippen LogP contribution is 2.17. The Hall–Kier alpha value is -1.87. The largest absolute Gasteiger partial charge is 0.398 e. The number of nitrogens with zero attached hydrogens (tertiary/aromatic N) is 1. The molecular weight excluding hydrogens is 240 g/mol. The van der Waals surface area contributed by atoms with Gasteiger partial charge in [0.25, 0.3) is 6.43 Å². The zero-order valence-corrected chi connectivity index (χ0v) is 9.83. The summed E-state index contributed by atoms with van der Waals surface area (Å²) in [6.07, 6.45) is -2.20. The lowest BCUT2D eigenvalue weighted by molar-refractivity contribution is 0.0215. The monoisotopic (exact) mass is 255 g/mol. The molecule has 0 saturated carbocycles. The maximum absolute atomic E-state index is 11.8. The number of ether oxygens (including phenoxy) is 1. The van der Waals surface area contributed by atoms with Crippen LogP contribution in [0.2, 0.25) is 0 Å². The molecule has 1 rings (SSSR count). The highest BCUT2D eigenvalue weighted by atomic mass is 19.3. The Morgan fingerprint density at radius 1 is 1.44 bits per heavy atom. The van der Waals surface area contributed by atoms with E-state index in [1.54, 1.807) is 18.2 Å². The Morgan fingerprint density at radius 3 is 2.89 bits per heavy atom. The first kappa shape index (κ1) is 14.2. The molecular formula is C12H15F2N3O. The van der Waals surface area contributed by atoms with E-state index in [1.165, 1.54) is 0 Å². The minimum Gasteiger partial charge on any atom is -0.398 e. The van der Waals surface area contributed by atoms with Gasteiger partial charge in [-0.2, -0.15) is 5.26 Å². The van der Waals surface area contributed by atoms with Crippen molar-refractivity contribution in [2.24, 2.45) is 0 Å². The van der Waals surface area contributed by atoms with Crippen LogP contribution < -0.4 is 11.1 Å². The van der Waals surface area contributed by atoms with Crippen LogP contribution in [0, 0.1) is 11.3 Å². The molecule has 6 heteroatoms. The maximum atomic E-state index is 11.8. The van der Waals surface area contributed by atoms with Gasteiger partial charge >= 0.3 is 0 Å². The molecule has 0 amide bonds. The third-order valence-corrected chi connectivity index (χ3v) is 2.23. The normalized spacial score (nSPS) is 10.3. The average molecular weight is 255 g/mol. The van der Waals surface area contributed by atoms with Crippen LogP contribution in [-0.4, -0.2) is 26.2 Å². The van der Waals surface area contributed by atoms with Gasteiger partial charge in [-0.15, -0.1) is 0 Å². The molecule has 0 heterocycles. The Balaban J connectivity index is 2.38. The fourth-order valence-corrected chi connectivity index (χ4v) is 1.39. The molecule has 0 unspecified atom stereocenters. The van der Waals surface area contributed by atoms with Gasteiger partial charge in [0.15, 0.2) is 0 Å². The lowest BCUT2D eigenvalue weighted by Crippen LogP contribution is -2.13. The van der Waals surface area contributed by atoms with Crippen molar-refractivity contribution in [1.82, 2.24) is 0 Å². The molecule has 0 aliphatic heterocycles. The SMILES string of the molecule is N#CCc1cc(NCCOCC(F)F)ccc1N. The summed E-state index contributed by atoms with van der Waals surface area (Å²) in [5.74, 6) is 0. The highest BCUT2D eigenvalue weighted by molar-refractivity contribution is 5.57. The number of nitrogens with one attached hydrogen (secondary N) is 1. The van der Waals surface area contributed by atoms with Gasteiger partial charge in [0, 0.05) is 17.9 Å². The van der Waals surface area contributed by atoms with Crippen LogP contribution in [-0.2, 0) is 11.2 Å². The van der Waals surface area contributed by atoms with Crippen LogP contribution in [0.3, 0.4) is 0 Å². The van der Waals surface area contributed by atoms with Crippen molar-refractivity contribution in [2.75, 3.05) is 30.8 Å². The van der Waals surface area contributed by atoms with E-state index in [1.807, 2.05) is 6.07 Å². The lowest BCUT2D eigenvalue weighted by atomic mass is 10.1. The average Bonchev–Trinajstić information content (AvgIpc) is 2.32. The van der Waals surface area contributed by atoms with Gasteiger partial charge < -0.3 is 15.8 Å². The second-order valence-corrected chi connectivity index (χ2v) is 3.64. The predicted octanol–water partition coefficient (Wildman–Crippen LogP) is 2.03. The minimum atomic E-state index is -2.44. The molecule has 4 nitrogen and oxygen atoms in total. The van der Waals surface area contributed by atoms with E-state index in [0.717, 1.165) is 11.3 Å². The summed E-state index contributed by atoms with van der Waals surface area (Å²) >= 11 is 0. The topological polar surface area (TPSA) is 71.1 Å². The summed E-state index contributed by atoms with van der Waals surface area (Å²) in [7, 11) is 0.